The van der Waals surface area contributed by atoms with Gasteiger partial charge in [-0.25, -0.2) is 4.79 Å². The van der Waals surface area contributed by atoms with Crippen LogP contribution in [-0.4, -0.2) is 68.4 Å². The highest BCUT2D eigenvalue weighted by Crippen LogP contribution is 2.38. The molecule has 2 heterocycles. The number of amides is 3. The summed E-state index contributed by atoms with van der Waals surface area (Å²) in [5.74, 6) is -0.754. The van der Waals surface area contributed by atoms with Crippen LogP contribution in [0.25, 0.3) is 0 Å². The number of rotatable bonds is 6. The first-order chi connectivity index (χ1) is 11.6. The molecule has 148 valence electrons. The summed E-state index contributed by atoms with van der Waals surface area (Å²) in [6.45, 7) is 10.4. The van der Waals surface area contributed by atoms with Crippen molar-refractivity contribution in [3.05, 3.63) is 11.6 Å². The zero-order valence-corrected chi connectivity index (χ0v) is 17.2. The minimum absolute atomic E-state index is 0.0194. The van der Waals surface area contributed by atoms with Gasteiger partial charge in [-0.1, -0.05) is 26.8 Å². The maximum atomic E-state index is 12.4. The molecule has 1 unspecified atom stereocenters. The van der Waals surface area contributed by atoms with Crippen molar-refractivity contribution >= 4 is 30.7 Å². The second-order valence-electron chi connectivity index (χ2n) is 7.93. The normalized spacial score (nSPS) is 24.1. The molecule has 1 fully saturated rings. The van der Waals surface area contributed by atoms with Crippen molar-refractivity contribution in [3.8, 4) is 0 Å². The van der Waals surface area contributed by atoms with Crippen molar-refractivity contribution in [3.63, 3.8) is 0 Å². The summed E-state index contributed by atoms with van der Waals surface area (Å²) in [6.07, 6.45) is 1.54. The van der Waals surface area contributed by atoms with Gasteiger partial charge in [-0.2, -0.15) is 13.5 Å². The molecule has 10 nitrogen and oxygen atoms in total. The van der Waals surface area contributed by atoms with Crippen LogP contribution in [0.1, 0.15) is 20.8 Å². The number of hydrogen-bond acceptors (Lipinski definition) is 6. The van der Waals surface area contributed by atoms with Gasteiger partial charge in [0.05, 0.1) is 19.2 Å². The van der Waals surface area contributed by atoms with E-state index in [9.17, 15) is 18.0 Å². The van der Waals surface area contributed by atoms with E-state index in [2.05, 4.69) is 25.1 Å². The summed E-state index contributed by atoms with van der Waals surface area (Å²) in [7, 11) is -7.01. The van der Waals surface area contributed by atoms with Crippen LogP contribution in [0, 0.1) is 0 Å². The molecule has 2 rings (SSSR count). The van der Waals surface area contributed by atoms with Gasteiger partial charge in [0.2, 0.25) is 5.91 Å². The van der Waals surface area contributed by atoms with Crippen LogP contribution in [0.3, 0.4) is 0 Å². The summed E-state index contributed by atoms with van der Waals surface area (Å²) in [6, 6.07) is -2.70. The van der Waals surface area contributed by atoms with Gasteiger partial charge in [-0.15, -0.1) is 4.28 Å². The molecular formula is C14H25N3O7SSi. The Kier molecular flexibility index (Phi) is 5.29. The van der Waals surface area contributed by atoms with Crippen LogP contribution in [-0.2, 0) is 23.9 Å². The quantitative estimate of drug-likeness (QED) is 0.374. The lowest BCUT2D eigenvalue weighted by molar-refractivity contribution is -0.121. The van der Waals surface area contributed by atoms with E-state index in [0.29, 0.717) is 10.6 Å². The van der Waals surface area contributed by atoms with Crippen molar-refractivity contribution in [2.45, 2.75) is 51.0 Å². The fraction of sp³-hybridized carbons (Fsp3) is 0.714. The van der Waals surface area contributed by atoms with Crippen molar-refractivity contribution < 1.29 is 31.3 Å². The van der Waals surface area contributed by atoms with Crippen LogP contribution >= 0.6 is 0 Å². The van der Waals surface area contributed by atoms with E-state index in [1.807, 2.05) is 13.1 Å². The summed E-state index contributed by atoms with van der Waals surface area (Å²) in [4.78, 5) is 25.4. The summed E-state index contributed by atoms with van der Waals surface area (Å²) >= 11 is 0. The Morgan fingerprint density at radius 1 is 1.42 bits per heavy atom. The minimum atomic E-state index is -4.88. The number of carbonyl (C=O) groups excluding carboxylic acids is 2. The SMILES string of the molecule is CC(C)(C)[Si](C)(C)OCC1=CC2CN(C(=O)N2OS(=O)(=O)O)[C@@H]1C(N)=O. The minimum Gasteiger partial charge on any atom is -0.413 e. The van der Waals surface area contributed by atoms with E-state index in [1.165, 1.54) is 6.08 Å². The summed E-state index contributed by atoms with van der Waals surface area (Å²) in [5, 5.41) is 0.463. The van der Waals surface area contributed by atoms with E-state index in [0.717, 1.165) is 4.90 Å². The molecule has 26 heavy (non-hydrogen) atoms. The van der Waals surface area contributed by atoms with Crippen LogP contribution < -0.4 is 5.73 Å². The van der Waals surface area contributed by atoms with Gasteiger partial charge < -0.3 is 15.1 Å². The van der Waals surface area contributed by atoms with Crippen molar-refractivity contribution in [1.82, 2.24) is 9.96 Å². The molecule has 2 aliphatic heterocycles. The van der Waals surface area contributed by atoms with Crippen molar-refractivity contribution in [2.24, 2.45) is 5.73 Å². The van der Waals surface area contributed by atoms with Crippen molar-refractivity contribution in [2.75, 3.05) is 13.2 Å². The lowest BCUT2D eigenvalue weighted by Crippen LogP contribution is -2.50. The van der Waals surface area contributed by atoms with Gasteiger partial charge in [-0.3, -0.25) is 9.35 Å². The fourth-order valence-corrected chi connectivity index (χ4v) is 3.97. The number of nitrogens with zero attached hydrogens (tertiary/aromatic N) is 2. The molecule has 12 heteroatoms. The Labute approximate surface area is 153 Å². The maximum Gasteiger partial charge on any atom is 0.418 e. The molecule has 0 aromatic heterocycles. The van der Waals surface area contributed by atoms with Gasteiger partial charge in [-0.05, 0) is 23.7 Å². The van der Waals surface area contributed by atoms with Gasteiger partial charge in [0.25, 0.3) is 0 Å². The number of hydrogen-bond donors (Lipinski definition) is 2. The first-order valence-electron chi connectivity index (χ1n) is 8.05. The molecule has 0 radical (unpaired) electrons. The fourth-order valence-electron chi connectivity index (χ4n) is 2.63. The molecule has 3 amide bonds. The van der Waals surface area contributed by atoms with Crippen LogP contribution in [0.5, 0.6) is 0 Å². The van der Waals surface area contributed by atoms with E-state index in [4.69, 9.17) is 14.7 Å². The molecule has 2 atom stereocenters. The lowest BCUT2D eigenvalue weighted by atomic mass is 9.99. The Bertz CT molecular complexity index is 744. The largest absolute Gasteiger partial charge is 0.418 e. The van der Waals surface area contributed by atoms with E-state index < -0.39 is 42.7 Å². The molecule has 1 saturated heterocycles. The van der Waals surface area contributed by atoms with Gasteiger partial charge >= 0.3 is 16.4 Å². The van der Waals surface area contributed by atoms with Gasteiger partial charge in [0, 0.05) is 0 Å². The third-order valence-electron chi connectivity index (χ3n) is 5.04. The Morgan fingerprint density at radius 3 is 2.46 bits per heavy atom. The van der Waals surface area contributed by atoms with Gasteiger partial charge in [0.1, 0.15) is 6.04 Å². The Hall–Kier alpha value is -1.47. The number of fused-ring (bicyclic) bond motifs is 2. The van der Waals surface area contributed by atoms with Crippen LogP contribution in [0.4, 0.5) is 4.79 Å². The predicted octanol–water partition coefficient (Wildman–Crippen LogP) is 0.643. The maximum absolute atomic E-state index is 12.4. The third-order valence-corrected chi connectivity index (χ3v) is 9.87. The predicted molar refractivity (Wildman–Crippen MR) is 94.6 cm³/mol. The monoisotopic (exact) mass is 407 g/mol. The average Bonchev–Trinajstić information content (AvgIpc) is 2.67. The first-order valence-corrected chi connectivity index (χ1v) is 12.3. The molecule has 0 saturated carbocycles. The zero-order chi connectivity index (χ0) is 20.1. The first kappa shape index (κ1) is 20.8. The second kappa shape index (κ2) is 6.60. The van der Waals surface area contributed by atoms with E-state index in [-0.39, 0.29) is 18.2 Å². The number of carbonyl (C=O) groups is 2. The molecule has 2 aliphatic rings. The topological polar surface area (TPSA) is 139 Å². The highest BCUT2D eigenvalue weighted by molar-refractivity contribution is 7.80. The van der Waals surface area contributed by atoms with E-state index in [1.54, 1.807) is 0 Å². The molecule has 0 aliphatic carbocycles. The number of nitrogens with two attached hydrogens (primary N) is 1. The highest BCUT2D eigenvalue weighted by Gasteiger charge is 2.49. The molecule has 0 spiro atoms. The van der Waals surface area contributed by atoms with E-state index >= 15 is 0 Å². The number of primary amides is 1. The number of hydroxylamine groups is 2. The van der Waals surface area contributed by atoms with Crippen LogP contribution in [0.15, 0.2) is 11.6 Å². The van der Waals surface area contributed by atoms with Crippen LogP contribution in [0.2, 0.25) is 18.1 Å². The Morgan fingerprint density at radius 2 is 2.00 bits per heavy atom. The standard InChI is InChI=1S/C14H25N3O7SSi/c1-14(2,3)26(4,5)23-8-9-6-10-7-16(11(9)12(15)18)13(19)17(10)24-25(20,21)22/h6,10-11H,7-8H2,1-5H3,(H2,15,18)(H,20,21,22)/t10?,11-/m0/s1. The average molecular weight is 408 g/mol. The molecule has 2 bridgehead atoms. The zero-order valence-electron chi connectivity index (χ0n) is 15.4. The molecule has 0 aromatic rings. The highest BCUT2D eigenvalue weighted by atomic mass is 32.3. The molecular weight excluding hydrogens is 382 g/mol. The Balaban J connectivity index is 2.29. The smallest absolute Gasteiger partial charge is 0.413 e. The van der Waals surface area contributed by atoms with Crippen molar-refractivity contribution in [1.29, 1.82) is 0 Å². The summed E-state index contributed by atoms with van der Waals surface area (Å²) in [5.41, 5.74) is 5.92. The molecule has 0 aromatic carbocycles. The second-order valence-corrected chi connectivity index (χ2v) is 13.7. The van der Waals surface area contributed by atoms with Gasteiger partial charge in [0.15, 0.2) is 8.32 Å². The number of urea groups is 1. The summed E-state index contributed by atoms with van der Waals surface area (Å²) < 4.78 is 41.3. The lowest BCUT2D eigenvalue weighted by Gasteiger charge is -2.38. The third kappa shape index (κ3) is 4.09. The molecule has 3 N–H and O–H groups in total.